The highest BCUT2D eigenvalue weighted by Crippen LogP contribution is 2.27. The van der Waals surface area contributed by atoms with E-state index < -0.39 is 0 Å². The van der Waals surface area contributed by atoms with Crippen LogP contribution in [0.2, 0.25) is 0 Å². The molecule has 0 aliphatic carbocycles. The molecule has 2 heterocycles. The Morgan fingerprint density at radius 1 is 1.00 bits per heavy atom. The summed E-state index contributed by atoms with van der Waals surface area (Å²) in [6, 6.07) is 15.7. The van der Waals surface area contributed by atoms with Crippen LogP contribution in [-0.2, 0) is 19.3 Å². The fraction of sp³-hybridized carbons (Fsp3) is 0.318. The largest absolute Gasteiger partial charge is 0.319 e. The summed E-state index contributed by atoms with van der Waals surface area (Å²) in [6.07, 6.45) is 1.10. The Bertz CT molecular complexity index is 1190. The lowest BCUT2D eigenvalue weighted by Crippen LogP contribution is -2.22. The topological polar surface area (TPSA) is 52.7 Å². The van der Waals surface area contributed by atoms with E-state index in [-0.39, 0.29) is 5.56 Å². The van der Waals surface area contributed by atoms with Crippen LogP contribution in [0.3, 0.4) is 0 Å². The Balaban J connectivity index is 1.67. The summed E-state index contributed by atoms with van der Waals surface area (Å²) >= 11 is 1.64. The Morgan fingerprint density at radius 3 is 2.50 bits per heavy atom. The van der Waals surface area contributed by atoms with E-state index in [9.17, 15) is 4.79 Å². The molecule has 0 aliphatic heterocycles. The number of rotatable bonds is 6. The van der Waals surface area contributed by atoms with Gasteiger partial charge in [-0.05, 0) is 36.6 Å². The summed E-state index contributed by atoms with van der Waals surface area (Å²) in [5.41, 5.74) is 2.91. The lowest BCUT2D eigenvalue weighted by molar-refractivity contribution is 0.503. The molecule has 2 aromatic heterocycles. The number of imidazole rings is 1. The number of fused-ring (bicyclic) bond motifs is 2. The van der Waals surface area contributed by atoms with Crippen molar-refractivity contribution in [3.63, 3.8) is 0 Å². The number of aromatic nitrogens is 4. The van der Waals surface area contributed by atoms with E-state index in [1.165, 1.54) is 0 Å². The smallest absolute Gasteiger partial charge is 0.261 e. The molecule has 4 rings (SSSR count). The van der Waals surface area contributed by atoms with E-state index >= 15 is 0 Å². The van der Waals surface area contributed by atoms with Crippen molar-refractivity contribution in [3.05, 3.63) is 64.7 Å². The van der Waals surface area contributed by atoms with Gasteiger partial charge in [0.2, 0.25) is 0 Å². The first-order valence-corrected chi connectivity index (χ1v) is 10.6. The molecule has 0 saturated carbocycles. The summed E-state index contributed by atoms with van der Waals surface area (Å²) in [5, 5.41) is 1.63. The van der Waals surface area contributed by atoms with Crippen molar-refractivity contribution in [1.29, 1.82) is 0 Å². The zero-order valence-electron chi connectivity index (χ0n) is 16.4. The normalized spacial score (nSPS) is 11.7. The molecule has 0 atom stereocenters. The minimum atomic E-state index is -0.00508. The van der Waals surface area contributed by atoms with E-state index in [4.69, 9.17) is 9.97 Å². The molecule has 28 heavy (non-hydrogen) atoms. The van der Waals surface area contributed by atoms with Gasteiger partial charge in [0.05, 0.1) is 27.7 Å². The second kappa shape index (κ2) is 7.80. The number of para-hydroxylation sites is 3. The molecular formula is C22H24N4OS. The van der Waals surface area contributed by atoms with Crippen molar-refractivity contribution in [3.8, 4) is 0 Å². The standard InChI is InChI=1S/C22H24N4OS/c1-15(2)12-13-26-19-11-7-6-10-18(19)24-22(26)28-14-20-23-17-9-5-4-8-16(17)21(27)25(20)3/h4-11,15H,12-14H2,1-3H3. The molecule has 0 aliphatic rings. The van der Waals surface area contributed by atoms with Gasteiger partial charge >= 0.3 is 0 Å². The average Bonchev–Trinajstić information content (AvgIpc) is 3.05. The summed E-state index contributed by atoms with van der Waals surface area (Å²) in [4.78, 5) is 22.2. The minimum Gasteiger partial charge on any atom is -0.319 e. The van der Waals surface area contributed by atoms with Crippen LogP contribution in [0.4, 0.5) is 0 Å². The third-order valence-electron chi connectivity index (χ3n) is 4.96. The van der Waals surface area contributed by atoms with Gasteiger partial charge in [-0.1, -0.05) is 49.9 Å². The van der Waals surface area contributed by atoms with Crippen LogP contribution in [0.25, 0.3) is 21.9 Å². The van der Waals surface area contributed by atoms with Crippen molar-refractivity contribution in [2.45, 2.75) is 37.7 Å². The summed E-state index contributed by atoms with van der Waals surface area (Å²) < 4.78 is 3.94. The van der Waals surface area contributed by atoms with Gasteiger partial charge in [0.1, 0.15) is 5.82 Å². The fourth-order valence-corrected chi connectivity index (χ4v) is 4.31. The quantitative estimate of drug-likeness (QED) is 0.449. The third kappa shape index (κ3) is 3.56. The molecule has 0 unspecified atom stereocenters. The zero-order chi connectivity index (χ0) is 19.7. The predicted molar refractivity (Wildman–Crippen MR) is 116 cm³/mol. The molecule has 0 N–H and O–H groups in total. The van der Waals surface area contributed by atoms with Crippen LogP contribution < -0.4 is 5.56 Å². The van der Waals surface area contributed by atoms with E-state index in [1.54, 1.807) is 23.4 Å². The van der Waals surface area contributed by atoms with E-state index in [1.807, 2.05) is 30.3 Å². The van der Waals surface area contributed by atoms with Crippen molar-refractivity contribution in [1.82, 2.24) is 19.1 Å². The van der Waals surface area contributed by atoms with Gasteiger partial charge in [0.25, 0.3) is 5.56 Å². The van der Waals surface area contributed by atoms with Gasteiger partial charge in [0.15, 0.2) is 5.16 Å². The molecular weight excluding hydrogens is 368 g/mol. The van der Waals surface area contributed by atoms with Crippen molar-refractivity contribution < 1.29 is 0 Å². The molecule has 0 spiro atoms. The molecule has 0 saturated heterocycles. The van der Waals surface area contributed by atoms with Gasteiger partial charge in [-0.15, -0.1) is 0 Å². The Hall–Kier alpha value is -2.60. The second-order valence-electron chi connectivity index (χ2n) is 7.42. The van der Waals surface area contributed by atoms with E-state index in [2.05, 4.69) is 36.6 Å². The predicted octanol–water partition coefficient (Wildman–Crippen LogP) is 4.62. The maximum atomic E-state index is 12.6. The molecule has 0 amide bonds. The molecule has 4 aromatic rings. The van der Waals surface area contributed by atoms with Crippen LogP contribution in [0, 0.1) is 5.92 Å². The Labute approximate surface area is 168 Å². The average molecular weight is 393 g/mol. The number of thioether (sulfide) groups is 1. The van der Waals surface area contributed by atoms with E-state index in [0.29, 0.717) is 17.1 Å². The molecule has 0 fully saturated rings. The van der Waals surface area contributed by atoms with Crippen LogP contribution in [0.1, 0.15) is 26.1 Å². The monoisotopic (exact) mass is 392 g/mol. The first-order valence-electron chi connectivity index (χ1n) is 9.57. The van der Waals surface area contributed by atoms with Crippen LogP contribution >= 0.6 is 11.8 Å². The first-order chi connectivity index (χ1) is 13.5. The second-order valence-corrected chi connectivity index (χ2v) is 8.36. The summed E-state index contributed by atoms with van der Waals surface area (Å²) in [6.45, 7) is 5.41. The van der Waals surface area contributed by atoms with Gasteiger partial charge in [-0.2, -0.15) is 0 Å². The van der Waals surface area contributed by atoms with E-state index in [0.717, 1.165) is 40.5 Å². The fourth-order valence-electron chi connectivity index (χ4n) is 3.29. The zero-order valence-corrected chi connectivity index (χ0v) is 17.2. The number of hydrogen-bond donors (Lipinski definition) is 0. The lowest BCUT2D eigenvalue weighted by Gasteiger charge is -2.12. The highest BCUT2D eigenvalue weighted by atomic mass is 32.2. The van der Waals surface area contributed by atoms with Crippen molar-refractivity contribution in [2.75, 3.05) is 0 Å². The number of aryl methyl sites for hydroxylation is 1. The molecule has 6 heteroatoms. The third-order valence-corrected chi connectivity index (χ3v) is 5.93. The van der Waals surface area contributed by atoms with Crippen LogP contribution in [-0.4, -0.2) is 19.1 Å². The van der Waals surface area contributed by atoms with Crippen LogP contribution in [0.15, 0.2) is 58.5 Å². The maximum absolute atomic E-state index is 12.6. The molecule has 0 bridgehead atoms. The summed E-state index contributed by atoms with van der Waals surface area (Å²) in [7, 11) is 1.79. The van der Waals surface area contributed by atoms with Crippen molar-refractivity contribution >= 4 is 33.7 Å². The molecule has 0 radical (unpaired) electrons. The van der Waals surface area contributed by atoms with Gasteiger partial charge in [-0.25, -0.2) is 9.97 Å². The van der Waals surface area contributed by atoms with Gasteiger partial charge < -0.3 is 4.57 Å². The van der Waals surface area contributed by atoms with Crippen molar-refractivity contribution in [2.24, 2.45) is 13.0 Å². The maximum Gasteiger partial charge on any atom is 0.261 e. The van der Waals surface area contributed by atoms with Gasteiger partial charge in [-0.3, -0.25) is 9.36 Å². The highest BCUT2D eigenvalue weighted by molar-refractivity contribution is 7.98. The lowest BCUT2D eigenvalue weighted by atomic mass is 10.1. The number of hydrogen-bond acceptors (Lipinski definition) is 4. The number of benzene rings is 2. The Kier molecular flexibility index (Phi) is 5.22. The highest BCUT2D eigenvalue weighted by Gasteiger charge is 2.14. The molecule has 144 valence electrons. The first kappa shape index (κ1) is 18.7. The molecule has 2 aromatic carbocycles. The SMILES string of the molecule is CC(C)CCn1c(SCc2nc3ccccc3c(=O)n2C)nc2ccccc21. The molecule has 5 nitrogen and oxygen atoms in total. The van der Waals surface area contributed by atoms with Crippen LogP contribution in [0.5, 0.6) is 0 Å². The Morgan fingerprint density at radius 2 is 1.71 bits per heavy atom. The minimum absolute atomic E-state index is 0.00508. The summed E-state index contributed by atoms with van der Waals surface area (Å²) in [5.74, 6) is 1.99. The van der Waals surface area contributed by atoms with Gasteiger partial charge in [0, 0.05) is 13.6 Å². The number of nitrogens with zero attached hydrogens (tertiary/aromatic N) is 4.